The number of morpholine rings is 1. The summed E-state index contributed by atoms with van der Waals surface area (Å²) in [7, 11) is -7.05. The molecule has 0 aliphatic carbocycles. The van der Waals surface area contributed by atoms with Crippen LogP contribution in [0.1, 0.15) is 0 Å². The highest BCUT2D eigenvalue weighted by Gasteiger charge is 2.34. The second-order valence-corrected chi connectivity index (χ2v) is 8.94. The molecule has 1 unspecified atom stereocenters. The van der Waals surface area contributed by atoms with Crippen LogP contribution in [0.4, 0.5) is 0 Å². The van der Waals surface area contributed by atoms with E-state index in [1.54, 1.807) is 0 Å². The maximum absolute atomic E-state index is 12.4. The lowest BCUT2D eigenvalue weighted by molar-refractivity contribution is 0.0121. The van der Waals surface area contributed by atoms with E-state index in [1.807, 2.05) is 0 Å². The van der Waals surface area contributed by atoms with Crippen LogP contribution in [0, 0.1) is 0 Å². The van der Waals surface area contributed by atoms with Gasteiger partial charge in [-0.05, 0) is 17.7 Å². The first-order chi connectivity index (χ1) is 9.20. The summed E-state index contributed by atoms with van der Waals surface area (Å²) in [5, 5.41) is -0.212. The molecule has 2 rings (SSSR count). The quantitative estimate of drug-likeness (QED) is 0.784. The number of ether oxygens (including phenoxy) is 1. The standard InChI is InChI=1S/C10H14ClNO6S2/c1-19(13,14)7-8-6-12(3-5-17-8)20(15,16)9-2-4-18-10(9)11/h2,4,8H,3,5-7H2,1H3. The Morgan fingerprint density at radius 1 is 1.40 bits per heavy atom. The van der Waals surface area contributed by atoms with E-state index in [-0.39, 0.29) is 35.6 Å². The largest absolute Gasteiger partial charge is 0.451 e. The molecule has 1 atom stereocenters. The highest BCUT2D eigenvalue weighted by molar-refractivity contribution is 7.90. The van der Waals surface area contributed by atoms with Crippen molar-refractivity contribution in [2.75, 3.05) is 31.7 Å². The molecule has 0 N–H and O–H groups in total. The minimum atomic E-state index is -3.81. The fourth-order valence-corrected chi connectivity index (χ4v) is 4.67. The highest BCUT2D eigenvalue weighted by atomic mass is 35.5. The minimum Gasteiger partial charge on any atom is -0.451 e. The molecular weight excluding hydrogens is 330 g/mol. The Balaban J connectivity index is 2.19. The summed E-state index contributed by atoms with van der Waals surface area (Å²) in [6, 6.07) is 1.26. The van der Waals surface area contributed by atoms with Crippen LogP contribution >= 0.6 is 11.6 Å². The van der Waals surface area contributed by atoms with Crippen molar-refractivity contribution in [1.82, 2.24) is 4.31 Å². The molecule has 2 heterocycles. The first kappa shape index (κ1) is 15.8. The molecule has 0 amide bonds. The molecule has 10 heteroatoms. The van der Waals surface area contributed by atoms with Gasteiger partial charge in [-0.3, -0.25) is 0 Å². The monoisotopic (exact) mass is 343 g/mol. The molecule has 0 radical (unpaired) electrons. The average molecular weight is 344 g/mol. The number of sulfone groups is 1. The summed E-state index contributed by atoms with van der Waals surface area (Å²) in [5.74, 6) is -0.224. The fourth-order valence-electron chi connectivity index (χ4n) is 1.95. The van der Waals surface area contributed by atoms with Crippen molar-refractivity contribution in [3.05, 3.63) is 17.5 Å². The number of hydrogen-bond acceptors (Lipinski definition) is 6. The first-order valence-electron chi connectivity index (χ1n) is 5.72. The summed E-state index contributed by atoms with van der Waals surface area (Å²) in [6.07, 6.45) is 1.58. The molecule has 0 spiro atoms. The summed E-state index contributed by atoms with van der Waals surface area (Å²) in [5.41, 5.74) is 0. The van der Waals surface area contributed by atoms with Gasteiger partial charge < -0.3 is 9.15 Å². The highest BCUT2D eigenvalue weighted by Crippen LogP contribution is 2.26. The SMILES string of the molecule is CS(=O)(=O)CC1CN(S(=O)(=O)c2ccoc2Cl)CCO1. The van der Waals surface area contributed by atoms with Crippen LogP contribution in [0.3, 0.4) is 0 Å². The molecular formula is C10H14ClNO6S2. The molecule has 20 heavy (non-hydrogen) atoms. The number of nitrogens with zero attached hydrogens (tertiary/aromatic N) is 1. The lowest BCUT2D eigenvalue weighted by Crippen LogP contribution is -2.47. The topological polar surface area (TPSA) is 93.9 Å². The average Bonchev–Trinajstić information content (AvgIpc) is 2.74. The summed E-state index contributed by atoms with van der Waals surface area (Å²) in [6.45, 7) is 0.246. The first-order valence-corrected chi connectivity index (χ1v) is 9.60. The second-order valence-electron chi connectivity index (χ2n) is 4.51. The summed E-state index contributed by atoms with van der Waals surface area (Å²) >= 11 is 5.69. The van der Waals surface area contributed by atoms with Crippen LogP contribution in [-0.4, -0.2) is 58.9 Å². The Labute approximate surface area is 122 Å². The third-order valence-corrected chi connectivity index (χ3v) is 6.06. The van der Waals surface area contributed by atoms with E-state index >= 15 is 0 Å². The van der Waals surface area contributed by atoms with E-state index in [0.29, 0.717) is 0 Å². The maximum atomic E-state index is 12.4. The van der Waals surface area contributed by atoms with Crippen molar-refractivity contribution in [1.29, 1.82) is 0 Å². The minimum absolute atomic E-state index is 0.0308. The maximum Gasteiger partial charge on any atom is 0.248 e. The number of rotatable bonds is 4. The van der Waals surface area contributed by atoms with Gasteiger partial charge in [-0.2, -0.15) is 4.31 Å². The molecule has 1 saturated heterocycles. The van der Waals surface area contributed by atoms with Crippen LogP contribution in [0.2, 0.25) is 5.22 Å². The number of halogens is 1. The van der Waals surface area contributed by atoms with Gasteiger partial charge >= 0.3 is 0 Å². The molecule has 0 aromatic carbocycles. The molecule has 7 nitrogen and oxygen atoms in total. The van der Waals surface area contributed by atoms with Crippen molar-refractivity contribution >= 4 is 31.5 Å². The summed E-state index contributed by atoms with van der Waals surface area (Å²) < 4.78 is 58.4. The molecule has 1 aromatic heterocycles. The molecule has 1 fully saturated rings. The Morgan fingerprint density at radius 3 is 2.65 bits per heavy atom. The molecule has 114 valence electrons. The molecule has 1 aliphatic rings. The van der Waals surface area contributed by atoms with Crippen molar-refractivity contribution in [2.45, 2.75) is 11.0 Å². The van der Waals surface area contributed by atoms with Gasteiger partial charge in [0.2, 0.25) is 15.2 Å². The third kappa shape index (κ3) is 3.53. The zero-order chi connectivity index (χ0) is 15.0. The van der Waals surface area contributed by atoms with Crippen LogP contribution in [0.5, 0.6) is 0 Å². The molecule has 1 aliphatic heterocycles. The van der Waals surface area contributed by atoms with Gasteiger partial charge in [-0.15, -0.1) is 0 Å². The van der Waals surface area contributed by atoms with E-state index in [9.17, 15) is 16.8 Å². The number of hydrogen-bond donors (Lipinski definition) is 0. The summed E-state index contributed by atoms with van der Waals surface area (Å²) in [4.78, 5) is -0.126. The van der Waals surface area contributed by atoms with Crippen LogP contribution in [0.15, 0.2) is 21.6 Å². The van der Waals surface area contributed by atoms with Crippen LogP contribution in [-0.2, 0) is 24.6 Å². The van der Waals surface area contributed by atoms with E-state index in [0.717, 1.165) is 10.6 Å². The van der Waals surface area contributed by atoms with E-state index in [1.165, 1.54) is 12.3 Å². The predicted molar refractivity (Wildman–Crippen MR) is 71.9 cm³/mol. The third-order valence-electron chi connectivity index (χ3n) is 2.79. The van der Waals surface area contributed by atoms with E-state index in [4.69, 9.17) is 20.8 Å². The van der Waals surface area contributed by atoms with Gasteiger partial charge in [0.1, 0.15) is 14.7 Å². The second kappa shape index (κ2) is 5.64. The Kier molecular flexibility index (Phi) is 4.45. The van der Waals surface area contributed by atoms with Gasteiger partial charge in [0.25, 0.3) is 0 Å². The van der Waals surface area contributed by atoms with Crippen LogP contribution < -0.4 is 0 Å². The van der Waals surface area contributed by atoms with E-state index < -0.39 is 26.0 Å². The van der Waals surface area contributed by atoms with Crippen molar-refractivity contribution < 1.29 is 26.0 Å². The zero-order valence-corrected chi connectivity index (χ0v) is 13.0. The fraction of sp³-hybridized carbons (Fsp3) is 0.600. The van der Waals surface area contributed by atoms with Crippen molar-refractivity contribution in [3.8, 4) is 0 Å². The number of sulfonamides is 1. The Bertz CT molecular complexity index is 680. The van der Waals surface area contributed by atoms with Crippen molar-refractivity contribution in [2.24, 2.45) is 0 Å². The van der Waals surface area contributed by atoms with Gasteiger partial charge in [0.05, 0.1) is 24.7 Å². The Morgan fingerprint density at radius 2 is 2.10 bits per heavy atom. The zero-order valence-electron chi connectivity index (χ0n) is 10.7. The predicted octanol–water partition coefficient (Wildman–Crippen LogP) is 0.367. The van der Waals surface area contributed by atoms with Gasteiger partial charge in [0.15, 0.2) is 0 Å². The smallest absolute Gasteiger partial charge is 0.248 e. The number of furan rings is 1. The van der Waals surface area contributed by atoms with Gasteiger partial charge in [-0.1, -0.05) is 0 Å². The lowest BCUT2D eigenvalue weighted by Gasteiger charge is -2.31. The van der Waals surface area contributed by atoms with E-state index in [2.05, 4.69) is 0 Å². The van der Waals surface area contributed by atoms with Crippen molar-refractivity contribution in [3.63, 3.8) is 0 Å². The molecule has 0 saturated carbocycles. The molecule has 1 aromatic rings. The Hall–Kier alpha value is -0.610. The van der Waals surface area contributed by atoms with Gasteiger partial charge in [-0.25, -0.2) is 16.8 Å². The lowest BCUT2D eigenvalue weighted by atomic mass is 10.3. The normalized spacial score (nSPS) is 22.0. The molecule has 0 bridgehead atoms. The van der Waals surface area contributed by atoms with Crippen LogP contribution in [0.25, 0.3) is 0 Å². The van der Waals surface area contributed by atoms with Gasteiger partial charge in [0, 0.05) is 19.3 Å².